The summed E-state index contributed by atoms with van der Waals surface area (Å²) in [4.78, 5) is 9.92. The smallest absolute Gasteiger partial charge is 0.295 e. The Morgan fingerprint density at radius 3 is 2.23 bits per heavy atom. The normalized spacial score (nSPS) is 11.3. The van der Waals surface area contributed by atoms with Crippen LogP contribution in [0.25, 0.3) is 0 Å². The molecule has 0 saturated carbocycles. The number of ether oxygens (including phenoxy) is 2. The van der Waals surface area contributed by atoms with Crippen LogP contribution in [0.4, 0.5) is 0 Å². The molecule has 78 valence electrons. The fourth-order valence-electron chi connectivity index (χ4n) is 1.52. The molecule has 0 saturated heterocycles. The van der Waals surface area contributed by atoms with Gasteiger partial charge in [0, 0.05) is 0 Å². The summed E-state index contributed by atoms with van der Waals surface area (Å²) in [5, 5.41) is 0. The van der Waals surface area contributed by atoms with Crippen LogP contribution in [-0.2, 0) is 14.3 Å². The molecule has 0 aromatic rings. The van der Waals surface area contributed by atoms with E-state index in [2.05, 4.69) is 25.5 Å². The van der Waals surface area contributed by atoms with Crippen LogP contribution in [0.1, 0.15) is 46.5 Å². The second kappa shape index (κ2) is 6.89. The van der Waals surface area contributed by atoms with E-state index < -0.39 is 0 Å². The summed E-state index contributed by atoms with van der Waals surface area (Å²) in [5.41, 5.74) is -0.0994. The summed E-state index contributed by atoms with van der Waals surface area (Å²) in [6.45, 7) is 6.82. The summed E-state index contributed by atoms with van der Waals surface area (Å²) in [6.07, 6.45) is 4.02. The third kappa shape index (κ3) is 4.27. The minimum absolute atomic E-state index is 0.0746. The molecule has 0 spiro atoms. The maximum Gasteiger partial charge on any atom is 0.295 e. The van der Waals surface area contributed by atoms with Crippen molar-refractivity contribution in [3.05, 3.63) is 0 Å². The van der Waals surface area contributed by atoms with E-state index in [1.165, 1.54) is 0 Å². The molecule has 0 N–H and O–H groups in total. The standard InChI is InChI=1S/C10H20O3/c1-4-7-10(5-2,6-3)13-9-12-8-11/h8H,4-7,9H2,1-3H3. The Morgan fingerprint density at radius 1 is 1.23 bits per heavy atom. The van der Waals surface area contributed by atoms with Crippen molar-refractivity contribution in [3.63, 3.8) is 0 Å². The van der Waals surface area contributed by atoms with E-state index in [-0.39, 0.29) is 12.4 Å². The van der Waals surface area contributed by atoms with Crippen molar-refractivity contribution in [2.75, 3.05) is 6.79 Å². The van der Waals surface area contributed by atoms with Gasteiger partial charge in [0.15, 0.2) is 6.79 Å². The molecule has 0 radical (unpaired) electrons. The van der Waals surface area contributed by atoms with Gasteiger partial charge in [0.25, 0.3) is 6.47 Å². The highest BCUT2D eigenvalue weighted by atomic mass is 16.7. The van der Waals surface area contributed by atoms with Crippen LogP contribution in [0, 0.1) is 0 Å². The predicted molar refractivity (Wildman–Crippen MR) is 51.3 cm³/mol. The zero-order valence-corrected chi connectivity index (χ0v) is 8.84. The van der Waals surface area contributed by atoms with Crippen LogP contribution in [0.2, 0.25) is 0 Å². The quantitative estimate of drug-likeness (QED) is 0.333. The Labute approximate surface area is 80.4 Å². The first-order chi connectivity index (χ1) is 6.24. The van der Waals surface area contributed by atoms with Crippen LogP contribution in [-0.4, -0.2) is 18.9 Å². The van der Waals surface area contributed by atoms with Crippen LogP contribution in [0.3, 0.4) is 0 Å². The van der Waals surface area contributed by atoms with Crippen molar-refractivity contribution in [1.29, 1.82) is 0 Å². The summed E-state index contributed by atoms with van der Waals surface area (Å²) in [7, 11) is 0. The molecule has 3 heteroatoms. The van der Waals surface area contributed by atoms with Gasteiger partial charge in [0.1, 0.15) is 0 Å². The molecule has 0 atom stereocenters. The van der Waals surface area contributed by atoms with E-state index in [0.29, 0.717) is 6.47 Å². The highest BCUT2D eigenvalue weighted by molar-refractivity contribution is 5.36. The van der Waals surface area contributed by atoms with E-state index in [1.54, 1.807) is 0 Å². The lowest BCUT2D eigenvalue weighted by molar-refractivity contribution is -0.163. The summed E-state index contributed by atoms with van der Waals surface area (Å²) < 4.78 is 10.1. The van der Waals surface area contributed by atoms with Crippen molar-refractivity contribution >= 4 is 6.47 Å². The lowest BCUT2D eigenvalue weighted by Crippen LogP contribution is -2.31. The largest absolute Gasteiger partial charge is 0.441 e. The van der Waals surface area contributed by atoms with E-state index >= 15 is 0 Å². The van der Waals surface area contributed by atoms with Gasteiger partial charge in [0.2, 0.25) is 0 Å². The van der Waals surface area contributed by atoms with E-state index in [9.17, 15) is 4.79 Å². The fourth-order valence-corrected chi connectivity index (χ4v) is 1.52. The van der Waals surface area contributed by atoms with E-state index in [0.717, 1.165) is 25.7 Å². The summed E-state index contributed by atoms with van der Waals surface area (Å²) >= 11 is 0. The third-order valence-electron chi connectivity index (χ3n) is 2.50. The van der Waals surface area contributed by atoms with E-state index in [1.807, 2.05) is 0 Å². The monoisotopic (exact) mass is 188 g/mol. The number of carbonyl (C=O) groups excluding carboxylic acids is 1. The molecule has 0 aliphatic carbocycles. The highest BCUT2D eigenvalue weighted by Crippen LogP contribution is 2.25. The molecular formula is C10H20O3. The van der Waals surface area contributed by atoms with Gasteiger partial charge in [0.05, 0.1) is 5.60 Å². The Kier molecular flexibility index (Phi) is 6.59. The van der Waals surface area contributed by atoms with Gasteiger partial charge in [-0.15, -0.1) is 0 Å². The van der Waals surface area contributed by atoms with Crippen LogP contribution >= 0.6 is 0 Å². The zero-order valence-electron chi connectivity index (χ0n) is 8.84. The minimum Gasteiger partial charge on any atom is -0.441 e. The molecule has 0 amide bonds. The van der Waals surface area contributed by atoms with Gasteiger partial charge >= 0.3 is 0 Å². The molecule has 0 unspecified atom stereocenters. The average molecular weight is 188 g/mol. The molecule has 0 aromatic heterocycles. The van der Waals surface area contributed by atoms with Crippen molar-refractivity contribution in [1.82, 2.24) is 0 Å². The number of rotatable bonds is 8. The molecule has 0 fully saturated rings. The lowest BCUT2D eigenvalue weighted by Gasteiger charge is -2.30. The first-order valence-electron chi connectivity index (χ1n) is 4.93. The Balaban J connectivity index is 3.96. The number of carbonyl (C=O) groups is 1. The SMILES string of the molecule is CCCC(CC)(CC)OCOC=O. The van der Waals surface area contributed by atoms with Gasteiger partial charge in [-0.05, 0) is 19.3 Å². The van der Waals surface area contributed by atoms with Crippen LogP contribution < -0.4 is 0 Å². The zero-order chi connectivity index (χ0) is 10.2. The molecule has 13 heavy (non-hydrogen) atoms. The summed E-state index contributed by atoms with van der Waals surface area (Å²) in [6, 6.07) is 0. The molecule has 0 heterocycles. The predicted octanol–water partition coefficient (Wildman–Crippen LogP) is 2.49. The maximum atomic E-state index is 9.92. The third-order valence-corrected chi connectivity index (χ3v) is 2.50. The van der Waals surface area contributed by atoms with E-state index in [4.69, 9.17) is 4.74 Å². The topological polar surface area (TPSA) is 35.5 Å². The molecule has 0 rings (SSSR count). The molecule has 0 aliphatic rings. The van der Waals surface area contributed by atoms with Crippen molar-refractivity contribution in [2.45, 2.75) is 52.1 Å². The van der Waals surface area contributed by atoms with Gasteiger partial charge in [-0.3, -0.25) is 4.79 Å². The second-order valence-electron chi connectivity index (χ2n) is 3.17. The van der Waals surface area contributed by atoms with Gasteiger partial charge in [-0.1, -0.05) is 27.2 Å². The average Bonchev–Trinajstić information content (AvgIpc) is 2.17. The van der Waals surface area contributed by atoms with Crippen molar-refractivity contribution in [3.8, 4) is 0 Å². The summed E-state index contributed by atoms with van der Waals surface area (Å²) in [5.74, 6) is 0. The van der Waals surface area contributed by atoms with Gasteiger partial charge < -0.3 is 9.47 Å². The first kappa shape index (κ1) is 12.4. The van der Waals surface area contributed by atoms with Crippen molar-refractivity contribution in [2.24, 2.45) is 0 Å². The Bertz CT molecular complexity index is 130. The lowest BCUT2D eigenvalue weighted by atomic mass is 9.92. The Morgan fingerprint density at radius 2 is 1.85 bits per heavy atom. The number of hydrogen-bond donors (Lipinski definition) is 0. The molecule has 3 nitrogen and oxygen atoms in total. The number of hydrogen-bond acceptors (Lipinski definition) is 3. The molecule has 0 aliphatic heterocycles. The first-order valence-corrected chi connectivity index (χ1v) is 4.93. The van der Waals surface area contributed by atoms with Gasteiger partial charge in [-0.25, -0.2) is 0 Å². The maximum absolute atomic E-state index is 9.92. The second-order valence-corrected chi connectivity index (χ2v) is 3.17. The van der Waals surface area contributed by atoms with Crippen molar-refractivity contribution < 1.29 is 14.3 Å². The highest BCUT2D eigenvalue weighted by Gasteiger charge is 2.25. The molecular weight excluding hydrogens is 168 g/mol. The molecule has 0 aromatic carbocycles. The van der Waals surface area contributed by atoms with Gasteiger partial charge in [-0.2, -0.15) is 0 Å². The minimum atomic E-state index is -0.0994. The van der Waals surface area contributed by atoms with Crippen LogP contribution in [0.15, 0.2) is 0 Å². The van der Waals surface area contributed by atoms with Crippen LogP contribution in [0.5, 0.6) is 0 Å². The fraction of sp³-hybridized carbons (Fsp3) is 0.900. The Hall–Kier alpha value is -0.570. The molecule has 0 bridgehead atoms.